The molecule has 1 amide bonds. The van der Waals surface area contributed by atoms with Crippen molar-refractivity contribution in [1.29, 1.82) is 0 Å². The molecule has 1 unspecified atom stereocenters. The quantitative estimate of drug-likeness (QED) is 0.901. The van der Waals surface area contributed by atoms with Crippen molar-refractivity contribution in [1.82, 2.24) is 15.1 Å². The Morgan fingerprint density at radius 3 is 2.79 bits per heavy atom. The van der Waals surface area contributed by atoms with Crippen LogP contribution in [0.25, 0.3) is 11.0 Å². The maximum absolute atomic E-state index is 12.2. The summed E-state index contributed by atoms with van der Waals surface area (Å²) < 4.78 is 5.80. The Balaban J connectivity index is 1.51. The highest BCUT2D eigenvalue weighted by molar-refractivity contribution is 6.31. The lowest BCUT2D eigenvalue weighted by molar-refractivity contribution is -0.122. The molecule has 0 aliphatic carbocycles. The summed E-state index contributed by atoms with van der Waals surface area (Å²) in [4.78, 5) is 16.8. The number of halogens is 1. The second-order valence-corrected chi connectivity index (χ2v) is 6.95. The Hall–Kier alpha value is -1.56. The molecule has 24 heavy (non-hydrogen) atoms. The van der Waals surface area contributed by atoms with Crippen LogP contribution in [0.4, 0.5) is 0 Å². The fraction of sp³-hybridized carbons (Fsp3) is 0.500. The highest BCUT2D eigenvalue weighted by Crippen LogP contribution is 2.26. The lowest BCUT2D eigenvalue weighted by Gasteiger charge is -2.32. The van der Waals surface area contributed by atoms with Crippen LogP contribution in [-0.4, -0.2) is 55.5 Å². The van der Waals surface area contributed by atoms with E-state index in [9.17, 15) is 4.79 Å². The number of amides is 1. The van der Waals surface area contributed by atoms with E-state index >= 15 is 0 Å². The molecule has 2 aromatic rings. The van der Waals surface area contributed by atoms with E-state index in [0.717, 1.165) is 49.5 Å². The van der Waals surface area contributed by atoms with E-state index in [2.05, 4.69) is 22.2 Å². The average Bonchev–Trinajstić information content (AvgIpc) is 2.97. The molecule has 3 rings (SSSR count). The summed E-state index contributed by atoms with van der Waals surface area (Å²) in [5.74, 6) is 0.806. The second-order valence-electron chi connectivity index (χ2n) is 6.52. The molecule has 130 valence electrons. The molecule has 6 heteroatoms. The van der Waals surface area contributed by atoms with Crippen LogP contribution in [0.2, 0.25) is 5.02 Å². The zero-order chi connectivity index (χ0) is 17.1. The molecular weight excluding hydrogens is 326 g/mol. The molecule has 5 nitrogen and oxygen atoms in total. The minimum absolute atomic E-state index is 0.0555. The van der Waals surface area contributed by atoms with Crippen molar-refractivity contribution in [2.24, 2.45) is 0 Å². The Kier molecular flexibility index (Phi) is 5.43. The summed E-state index contributed by atoms with van der Waals surface area (Å²) in [7, 11) is 2.13. The molecule has 1 aliphatic heterocycles. The summed E-state index contributed by atoms with van der Waals surface area (Å²) in [6, 6.07) is 7.30. The summed E-state index contributed by atoms with van der Waals surface area (Å²) in [6.07, 6.45) is 0.514. The van der Waals surface area contributed by atoms with Crippen LogP contribution < -0.4 is 5.32 Å². The third-order valence-electron chi connectivity index (χ3n) is 4.55. The number of piperazine rings is 1. The number of hydrogen-bond acceptors (Lipinski definition) is 4. The molecular formula is C18H24ClN3O2. The molecule has 1 N–H and O–H groups in total. The highest BCUT2D eigenvalue weighted by atomic mass is 35.5. The predicted octanol–water partition coefficient (Wildman–Crippen LogP) is 2.90. The number of furan rings is 1. The van der Waals surface area contributed by atoms with Crippen molar-refractivity contribution in [3.05, 3.63) is 35.0 Å². The van der Waals surface area contributed by atoms with Gasteiger partial charge in [0.1, 0.15) is 11.3 Å². The number of hydrogen-bond donors (Lipinski definition) is 1. The van der Waals surface area contributed by atoms with Gasteiger partial charge in [0.15, 0.2) is 0 Å². The SMILES string of the molecule is CC(NC(=O)CCN1CCN(C)CC1)c1cc2cc(Cl)ccc2o1. The fourth-order valence-corrected chi connectivity index (χ4v) is 3.14. The average molecular weight is 350 g/mol. The highest BCUT2D eigenvalue weighted by Gasteiger charge is 2.17. The van der Waals surface area contributed by atoms with Crippen molar-refractivity contribution < 1.29 is 9.21 Å². The maximum atomic E-state index is 12.2. The van der Waals surface area contributed by atoms with Gasteiger partial charge in [-0.15, -0.1) is 0 Å². The number of carbonyl (C=O) groups is 1. The standard InChI is InChI=1S/C18H24ClN3O2/c1-13(17-12-14-11-15(19)3-4-16(14)24-17)20-18(23)5-6-22-9-7-21(2)8-10-22/h3-4,11-13H,5-10H2,1-2H3,(H,20,23). The molecule has 1 saturated heterocycles. The first-order valence-electron chi connectivity index (χ1n) is 8.40. The van der Waals surface area contributed by atoms with Crippen LogP contribution in [0.5, 0.6) is 0 Å². The zero-order valence-electron chi connectivity index (χ0n) is 14.2. The van der Waals surface area contributed by atoms with E-state index in [1.54, 1.807) is 6.07 Å². The Morgan fingerprint density at radius 1 is 1.29 bits per heavy atom. The van der Waals surface area contributed by atoms with E-state index in [1.165, 1.54) is 0 Å². The second kappa shape index (κ2) is 7.55. The van der Waals surface area contributed by atoms with Crippen LogP contribution in [-0.2, 0) is 4.79 Å². The van der Waals surface area contributed by atoms with Crippen LogP contribution in [0.3, 0.4) is 0 Å². The number of carbonyl (C=O) groups excluding carboxylic acids is 1. The van der Waals surface area contributed by atoms with E-state index < -0.39 is 0 Å². The number of fused-ring (bicyclic) bond motifs is 1. The van der Waals surface area contributed by atoms with Crippen molar-refractivity contribution in [3.8, 4) is 0 Å². The van der Waals surface area contributed by atoms with Crippen LogP contribution in [0.15, 0.2) is 28.7 Å². The van der Waals surface area contributed by atoms with Gasteiger partial charge in [-0.05, 0) is 38.2 Å². The van der Waals surface area contributed by atoms with Gasteiger partial charge in [0.2, 0.25) is 5.91 Å². The van der Waals surface area contributed by atoms with Gasteiger partial charge in [-0.3, -0.25) is 4.79 Å². The van der Waals surface area contributed by atoms with E-state index in [4.69, 9.17) is 16.0 Å². The number of nitrogens with zero attached hydrogens (tertiary/aromatic N) is 2. The third-order valence-corrected chi connectivity index (χ3v) is 4.79. The number of benzene rings is 1. The Labute approximate surface area is 147 Å². The molecule has 0 spiro atoms. The van der Waals surface area contributed by atoms with Gasteiger partial charge in [0, 0.05) is 49.6 Å². The van der Waals surface area contributed by atoms with Gasteiger partial charge in [0.05, 0.1) is 6.04 Å². The van der Waals surface area contributed by atoms with Gasteiger partial charge < -0.3 is 19.5 Å². The minimum atomic E-state index is -0.156. The monoisotopic (exact) mass is 349 g/mol. The first-order valence-corrected chi connectivity index (χ1v) is 8.78. The van der Waals surface area contributed by atoms with E-state index in [0.29, 0.717) is 11.4 Å². The third kappa shape index (κ3) is 4.29. The molecule has 1 aliphatic rings. The molecule has 0 bridgehead atoms. The first kappa shape index (κ1) is 17.3. The van der Waals surface area contributed by atoms with Crippen molar-refractivity contribution >= 4 is 28.5 Å². The molecule has 1 fully saturated rings. The number of nitrogens with one attached hydrogen (secondary N) is 1. The maximum Gasteiger partial charge on any atom is 0.221 e. The topological polar surface area (TPSA) is 48.7 Å². The first-order chi connectivity index (χ1) is 11.5. The Bertz CT molecular complexity index is 707. The van der Waals surface area contributed by atoms with Crippen LogP contribution >= 0.6 is 11.6 Å². The van der Waals surface area contributed by atoms with Gasteiger partial charge >= 0.3 is 0 Å². The van der Waals surface area contributed by atoms with Crippen molar-refractivity contribution in [2.45, 2.75) is 19.4 Å². The van der Waals surface area contributed by atoms with Gasteiger partial charge in [-0.25, -0.2) is 0 Å². The fourth-order valence-electron chi connectivity index (χ4n) is 2.96. The molecule has 1 atom stereocenters. The number of likely N-dealkylation sites (N-methyl/N-ethyl adjacent to an activating group) is 1. The summed E-state index contributed by atoms with van der Waals surface area (Å²) in [5.41, 5.74) is 0.785. The van der Waals surface area contributed by atoms with Gasteiger partial charge in [-0.2, -0.15) is 0 Å². The minimum Gasteiger partial charge on any atom is -0.459 e. The van der Waals surface area contributed by atoms with E-state index in [1.807, 2.05) is 25.1 Å². The molecule has 0 saturated carbocycles. The van der Waals surface area contributed by atoms with Gasteiger partial charge in [-0.1, -0.05) is 11.6 Å². The number of rotatable bonds is 5. The molecule has 1 aromatic heterocycles. The van der Waals surface area contributed by atoms with Crippen molar-refractivity contribution in [3.63, 3.8) is 0 Å². The normalized spacial score (nSPS) is 18.0. The largest absolute Gasteiger partial charge is 0.459 e. The molecule has 0 radical (unpaired) electrons. The summed E-state index contributed by atoms with van der Waals surface area (Å²) in [5, 5.41) is 4.65. The lowest BCUT2D eigenvalue weighted by Crippen LogP contribution is -2.45. The van der Waals surface area contributed by atoms with E-state index in [-0.39, 0.29) is 11.9 Å². The van der Waals surface area contributed by atoms with Crippen LogP contribution in [0.1, 0.15) is 25.1 Å². The molecule has 2 heterocycles. The summed E-state index contributed by atoms with van der Waals surface area (Å²) >= 11 is 6.00. The Morgan fingerprint density at radius 2 is 2.04 bits per heavy atom. The summed E-state index contributed by atoms with van der Waals surface area (Å²) in [6.45, 7) is 6.95. The lowest BCUT2D eigenvalue weighted by atomic mass is 10.2. The van der Waals surface area contributed by atoms with Gasteiger partial charge in [0.25, 0.3) is 0 Å². The van der Waals surface area contributed by atoms with Crippen molar-refractivity contribution in [2.75, 3.05) is 39.8 Å². The smallest absolute Gasteiger partial charge is 0.221 e. The predicted molar refractivity (Wildman–Crippen MR) is 96.3 cm³/mol. The molecule has 1 aromatic carbocycles. The zero-order valence-corrected chi connectivity index (χ0v) is 15.0. The van der Waals surface area contributed by atoms with Crippen LogP contribution in [0, 0.1) is 0 Å².